The number of amides is 1. The third kappa shape index (κ3) is 3.23. The topological polar surface area (TPSA) is 123 Å². The highest BCUT2D eigenvalue weighted by Gasteiger charge is 2.19. The van der Waals surface area contributed by atoms with Gasteiger partial charge in [-0.3, -0.25) is 9.20 Å². The van der Waals surface area contributed by atoms with Crippen LogP contribution in [0.25, 0.3) is 5.65 Å². The number of pyridine rings is 1. The van der Waals surface area contributed by atoms with Crippen LogP contribution < -0.4 is 5.32 Å². The number of fused-ring (bicyclic) bond motifs is 1. The molecule has 24 heavy (non-hydrogen) atoms. The van der Waals surface area contributed by atoms with E-state index in [1.165, 1.54) is 11.0 Å². The van der Waals surface area contributed by atoms with Gasteiger partial charge in [-0.1, -0.05) is 13.8 Å². The number of hydrogen-bond donors (Lipinski definition) is 2. The van der Waals surface area contributed by atoms with Gasteiger partial charge in [-0.05, 0) is 28.5 Å². The van der Waals surface area contributed by atoms with Crippen LogP contribution in [0.4, 0.5) is 0 Å². The Kier molecular flexibility index (Phi) is 4.47. The molecule has 1 amide bonds. The number of aliphatic hydroxyl groups excluding tert-OH is 1. The van der Waals surface area contributed by atoms with Crippen molar-refractivity contribution in [1.82, 2.24) is 40.1 Å². The van der Waals surface area contributed by atoms with Gasteiger partial charge in [-0.15, -0.1) is 15.3 Å². The van der Waals surface area contributed by atoms with Crippen molar-refractivity contribution < 1.29 is 9.90 Å². The Hall–Kier alpha value is -2.88. The third-order valence-corrected chi connectivity index (χ3v) is 3.60. The Morgan fingerprint density at radius 3 is 2.88 bits per heavy atom. The van der Waals surface area contributed by atoms with Crippen molar-refractivity contribution in [2.24, 2.45) is 5.92 Å². The first-order valence-corrected chi connectivity index (χ1v) is 7.58. The molecular formula is C14H18N8O2. The second-order valence-corrected chi connectivity index (χ2v) is 5.72. The van der Waals surface area contributed by atoms with Gasteiger partial charge in [0, 0.05) is 12.7 Å². The van der Waals surface area contributed by atoms with E-state index in [1.807, 2.05) is 13.8 Å². The molecule has 0 aliphatic rings. The monoisotopic (exact) mass is 330 g/mol. The lowest BCUT2D eigenvalue weighted by Gasteiger charge is -2.12. The molecule has 0 aliphatic carbocycles. The van der Waals surface area contributed by atoms with Crippen molar-refractivity contribution >= 4 is 11.6 Å². The lowest BCUT2D eigenvalue weighted by atomic mass is 10.1. The summed E-state index contributed by atoms with van der Waals surface area (Å²) in [5.74, 6) is 0.179. The van der Waals surface area contributed by atoms with Gasteiger partial charge in [0.25, 0.3) is 5.91 Å². The Morgan fingerprint density at radius 2 is 2.17 bits per heavy atom. The Balaban J connectivity index is 1.74. The van der Waals surface area contributed by atoms with Crippen molar-refractivity contribution in [1.29, 1.82) is 0 Å². The zero-order valence-corrected chi connectivity index (χ0v) is 13.4. The van der Waals surface area contributed by atoms with E-state index < -0.39 is 6.10 Å². The van der Waals surface area contributed by atoms with Gasteiger partial charge in [0.1, 0.15) is 12.4 Å². The van der Waals surface area contributed by atoms with Crippen LogP contribution in [0.2, 0.25) is 0 Å². The van der Waals surface area contributed by atoms with E-state index >= 15 is 0 Å². The average Bonchev–Trinajstić information content (AvgIpc) is 3.22. The second-order valence-electron chi connectivity index (χ2n) is 5.72. The lowest BCUT2D eigenvalue weighted by molar-refractivity contribution is 0.0950. The summed E-state index contributed by atoms with van der Waals surface area (Å²) in [6.07, 6.45) is 2.36. The average molecular weight is 330 g/mol. The number of rotatable bonds is 6. The van der Waals surface area contributed by atoms with Crippen LogP contribution in [-0.4, -0.2) is 52.4 Å². The van der Waals surface area contributed by atoms with Crippen molar-refractivity contribution in [3.63, 3.8) is 0 Å². The van der Waals surface area contributed by atoms with Crippen LogP contribution >= 0.6 is 0 Å². The molecule has 0 fully saturated rings. The summed E-state index contributed by atoms with van der Waals surface area (Å²) in [7, 11) is 0. The Morgan fingerprint density at radius 1 is 1.33 bits per heavy atom. The van der Waals surface area contributed by atoms with E-state index in [-0.39, 0.29) is 11.8 Å². The highest BCUT2D eigenvalue weighted by Crippen LogP contribution is 2.20. The van der Waals surface area contributed by atoms with Crippen LogP contribution in [0.1, 0.15) is 36.1 Å². The van der Waals surface area contributed by atoms with Gasteiger partial charge in [-0.2, -0.15) is 0 Å². The highest BCUT2D eigenvalue weighted by molar-refractivity contribution is 5.94. The first kappa shape index (κ1) is 16.0. The number of carbonyl (C=O) groups excluding carboxylic acids is 1. The van der Waals surface area contributed by atoms with Crippen LogP contribution in [0.15, 0.2) is 24.7 Å². The standard InChI is InChI=1S/C14H18N8O2/c1-9(2)12(23)13-18-17-11-4-3-10(7-22(11)13)14(24)15-5-6-21-8-16-19-20-21/h3-4,7-9,12,23H,5-6H2,1-2H3,(H,15,24). The zero-order chi connectivity index (χ0) is 17.1. The highest BCUT2D eigenvalue weighted by atomic mass is 16.3. The molecule has 10 nitrogen and oxygen atoms in total. The first-order chi connectivity index (χ1) is 11.6. The lowest BCUT2D eigenvalue weighted by Crippen LogP contribution is -2.27. The molecule has 1 unspecified atom stereocenters. The smallest absolute Gasteiger partial charge is 0.252 e. The molecule has 0 spiro atoms. The summed E-state index contributed by atoms with van der Waals surface area (Å²) in [5.41, 5.74) is 1.03. The number of carbonyl (C=O) groups is 1. The van der Waals surface area contributed by atoms with Crippen LogP contribution in [0, 0.1) is 5.92 Å². The molecule has 3 heterocycles. The molecule has 1 atom stereocenters. The summed E-state index contributed by atoms with van der Waals surface area (Å²) in [5, 5.41) is 31.8. The molecule has 2 N–H and O–H groups in total. The number of aliphatic hydroxyl groups is 1. The molecule has 0 saturated heterocycles. The minimum Gasteiger partial charge on any atom is -0.385 e. The molecule has 0 aliphatic heterocycles. The number of aromatic nitrogens is 7. The van der Waals surface area contributed by atoms with Crippen LogP contribution in [0.5, 0.6) is 0 Å². The van der Waals surface area contributed by atoms with Gasteiger partial charge in [0.2, 0.25) is 0 Å². The summed E-state index contributed by atoms with van der Waals surface area (Å²) in [6, 6.07) is 3.36. The molecular weight excluding hydrogens is 312 g/mol. The van der Waals surface area contributed by atoms with Crippen molar-refractivity contribution in [2.45, 2.75) is 26.5 Å². The molecule has 10 heteroatoms. The molecule has 3 rings (SSSR count). The first-order valence-electron chi connectivity index (χ1n) is 7.58. The summed E-state index contributed by atoms with van der Waals surface area (Å²) in [4.78, 5) is 12.3. The maximum atomic E-state index is 12.3. The number of nitrogens with zero attached hydrogens (tertiary/aromatic N) is 7. The minimum absolute atomic E-state index is 0.00817. The SMILES string of the molecule is CC(C)C(O)c1nnc2ccc(C(=O)NCCn3cnnn3)cn12. The molecule has 0 bridgehead atoms. The van der Waals surface area contributed by atoms with Crippen molar-refractivity contribution in [2.75, 3.05) is 6.54 Å². The van der Waals surface area contributed by atoms with Gasteiger partial charge in [-0.25, -0.2) is 4.68 Å². The fourth-order valence-electron chi connectivity index (χ4n) is 2.21. The fraction of sp³-hybridized carbons (Fsp3) is 0.429. The Bertz CT molecular complexity index is 827. The number of tetrazole rings is 1. The van der Waals surface area contributed by atoms with E-state index in [0.717, 1.165) is 0 Å². The van der Waals surface area contributed by atoms with E-state index in [1.54, 1.807) is 22.7 Å². The van der Waals surface area contributed by atoms with Gasteiger partial charge in [0.15, 0.2) is 11.5 Å². The minimum atomic E-state index is -0.752. The van der Waals surface area contributed by atoms with Gasteiger partial charge >= 0.3 is 0 Å². The summed E-state index contributed by atoms with van der Waals surface area (Å²) in [6.45, 7) is 4.65. The maximum Gasteiger partial charge on any atom is 0.252 e. The molecule has 0 radical (unpaired) electrons. The van der Waals surface area contributed by atoms with Crippen molar-refractivity contribution in [3.05, 3.63) is 36.0 Å². The second kappa shape index (κ2) is 6.71. The third-order valence-electron chi connectivity index (χ3n) is 3.60. The summed E-state index contributed by atoms with van der Waals surface area (Å²) < 4.78 is 3.17. The molecule has 0 aromatic carbocycles. The molecule has 3 aromatic rings. The Labute approximate surface area is 137 Å². The molecule has 0 saturated carbocycles. The molecule has 3 aromatic heterocycles. The van der Waals surface area contributed by atoms with E-state index in [2.05, 4.69) is 31.0 Å². The van der Waals surface area contributed by atoms with E-state index in [9.17, 15) is 9.90 Å². The summed E-state index contributed by atoms with van der Waals surface area (Å²) >= 11 is 0. The van der Waals surface area contributed by atoms with Crippen LogP contribution in [0.3, 0.4) is 0 Å². The number of nitrogens with one attached hydrogen (secondary N) is 1. The molecule has 126 valence electrons. The van der Waals surface area contributed by atoms with Crippen molar-refractivity contribution in [3.8, 4) is 0 Å². The number of hydrogen-bond acceptors (Lipinski definition) is 7. The van der Waals surface area contributed by atoms with Gasteiger partial charge in [0.05, 0.1) is 12.1 Å². The zero-order valence-electron chi connectivity index (χ0n) is 13.4. The largest absolute Gasteiger partial charge is 0.385 e. The predicted octanol–water partition coefficient (Wildman–Crippen LogP) is -0.165. The normalized spacial score (nSPS) is 12.7. The van der Waals surface area contributed by atoms with Crippen LogP contribution in [-0.2, 0) is 6.54 Å². The van der Waals surface area contributed by atoms with Gasteiger partial charge < -0.3 is 10.4 Å². The predicted molar refractivity (Wildman–Crippen MR) is 82.9 cm³/mol. The quantitative estimate of drug-likeness (QED) is 0.643. The maximum absolute atomic E-state index is 12.3. The fourth-order valence-corrected chi connectivity index (χ4v) is 2.21. The van der Waals surface area contributed by atoms with E-state index in [0.29, 0.717) is 30.1 Å². The van der Waals surface area contributed by atoms with E-state index in [4.69, 9.17) is 0 Å².